The normalized spacial score (nSPS) is 59.2. The average molecular weight is 114 g/mol. The van der Waals surface area contributed by atoms with E-state index < -0.39 is 0 Å². The quantitative estimate of drug-likeness (QED) is 0.520. The summed E-state index contributed by atoms with van der Waals surface area (Å²) in [5, 5.41) is 8.99. The molecule has 0 spiro atoms. The first-order valence-electron chi connectivity index (χ1n) is 3.05. The first-order valence-corrected chi connectivity index (χ1v) is 3.05. The summed E-state index contributed by atoms with van der Waals surface area (Å²) in [5.74, 6) is 0.981. The van der Waals surface area contributed by atoms with E-state index in [9.17, 15) is 0 Å². The van der Waals surface area contributed by atoms with E-state index in [1.807, 2.05) is 0 Å². The van der Waals surface area contributed by atoms with Crippen LogP contribution in [0.25, 0.3) is 0 Å². The molecule has 0 radical (unpaired) electrons. The van der Waals surface area contributed by atoms with Crippen LogP contribution in [-0.2, 0) is 4.74 Å². The van der Waals surface area contributed by atoms with E-state index in [1.165, 1.54) is 6.42 Å². The van der Waals surface area contributed by atoms with Gasteiger partial charge in [-0.05, 0) is 6.42 Å². The molecule has 8 heavy (non-hydrogen) atoms. The summed E-state index contributed by atoms with van der Waals surface area (Å²) in [6, 6.07) is 0. The molecule has 3 fully saturated rings. The van der Waals surface area contributed by atoms with Crippen LogP contribution in [0.1, 0.15) is 6.42 Å². The molecule has 3 rings (SSSR count). The predicted octanol–water partition coefficient (Wildman–Crippen LogP) is 0.0120. The molecular formula is C6H10O2. The molecule has 3 saturated carbocycles. The van der Waals surface area contributed by atoms with Crippen molar-refractivity contribution in [3.8, 4) is 0 Å². The van der Waals surface area contributed by atoms with Crippen molar-refractivity contribution >= 4 is 0 Å². The lowest BCUT2D eigenvalue weighted by Gasteiger charge is -2.60. The summed E-state index contributed by atoms with van der Waals surface area (Å²) in [7, 11) is 1.72. The third kappa shape index (κ3) is 0.298. The summed E-state index contributed by atoms with van der Waals surface area (Å²) in [6.45, 7) is 0. The number of aliphatic hydroxyl groups is 1. The summed E-state index contributed by atoms with van der Waals surface area (Å²) in [4.78, 5) is 0. The largest absolute Gasteiger partial charge is 0.392 e. The first-order chi connectivity index (χ1) is 3.84. The van der Waals surface area contributed by atoms with Crippen molar-refractivity contribution in [2.75, 3.05) is 7.11 Å². The Hall–Kier alpha value is -0.0800. The van der Waals surface area contributed by atoms with Gasteiger partial charge in [-0.3, -0.25) is 0 Å². The van der Waals surface area contributed by atoms with E-state index in [2.05, 4.69) is 0 Å². The van der Waals surface area contributed by atoms with E-state index in [4.69, 9.17) is 9.84 Å². The molecule has 3 aliphatic rings. The molecule has 0 heterocycles. The Balaban J connectivity index is 1.95. The molecule has 3 aliphatic carbocycles. The van der Waals surface area contributed by atoms with Crippen LogP contribution in [0, 0.1) is 11.8 Å². The molecule has 46 valence electrons. The average Bonchev–Trinajstić information content (AvgIpc) is 1.62. The number of aliphatic hydroxyl groups excluding tert-OH is 1. The predicted molar refractivity (Wildman–Crippen MR) is 28.4 cm³/mol. The van der Waals surface area contributed by atoms with Crippen molar-refractivity contribution in [3.05, 3.63) is 0 Å². The van der Waals surface area contributed by atoms with Gasteiger partial charge in [0.25, 0.3) is 0 Å². The summed E-state index contributed by atoms with van der Waals surface area (Å²) in [5.41, 5.74) is 0. The number of rotatable bonds is 1. The maximum atomic E-state index is 8.99. The third-order valence-corrected chi connectivity index (χ3v) is 2.54. The SMILES string of the molecule is COC1[C@@H]2C[C@H]1C2O. The molecule has 4 atom stereocenters. The van der Waals surface area contributed by atoms with Gasteiger partial charge in [-0.15, -0.1) is 0 Å². The molecule has 0 aliphatic heterocycles. The van der Waals surface area contributed by atoms with E-state index in [1.54, 1.807) is 7.11 Å². The summed E-state index contributed by atoms with van der Waals surface area (Å²) in [6.07, 6.45) is 1.59. The van der Waals surface area contributed by atoms with E-state index in [0.29, 0.717) is 17.9 Å². The number of ether oxygens (including phenoxy) is 1. The van der Waals surface area contributed by atoms with Gasteiger partial charge in [-0.2, -0.15) is 0 Å². The smallest absolute Gasteiger partial charge is 0.0677 e. The van der Waals surface area contributed by atoms with Crippen molar-refractivity contribution in [2.24, 2.45) is 11.8 Å². The Morgan fingerprint density at radius 1 is 1.50 bits per heavy atom. The van der Waals surface area contributed by atoms with Crippen LogP contribution in [-0.4, -0.2) is 24.4 Å². The zero-order valence-electron chi connectivity index (χ0n) is 4.87. The Morgan fingerprint density at radius 2 is 2.12 bits per heavy atom. The lowest BCUT2D eigenvalue weighted by atomic mass is 9.51. The molecule has 2 heteroatoms. The monoisotopic (exact) mass is 114 g/mol. The molecule has 2 nitrogen and oxygen atoms in total. The van der Waals surface area contributed by atoms with Gasteiger partial charge in [0.1, 0.15) is 0 Å². The van der Waals surface area contributed by atoms with Gasteiger partial charge in [-0.25, -0.2) is 0 Å². The fourth-order valence-corrected chi connectivity index (χ4v) is 1.70. The molecule has 0 amide bonds. The molecular weight excluding hydrogens is 104 g/mol. The van der Waals surface area contributed by atoms with Crippen LogP contribution in [0.2, 0.25) is 0 Å². The van der Waals surface area contributed by atoms with Gasteiger partial charge in [-0.1, -0.05) is 0 Å². The minimum Gasteiger partial charge on any atom is -0.392 e. The van der Waals surface area contributed by atoms with Gasteiger partial charge in [0.05, 0.1) is 12.2 Å². The summed E-state index contributed by atoms with van der Waals surface area (Å²) < 4.78 is 5.06. The number of hydrogen-bond acceptors (Lipinski definition) is 2. The molecule has 1 N–H and O–H groups in total. The second-order valence-corrected chi connectivity index (χ2v) is 2.75. The topological polar surface area (TPSA) is 29.5 Å². The van der Waals surface area contributed by atoms with Crippen LogP contribution < -0.4 is 0 Å². The van der Waals surface area contributed by atoms with Gasteiger partial charge >= 0.3 is 0 Å². The van der Waals surface area contributed by atoms with Crippen LogP contribution in [0.4, 0.5) is 0 Å². The van der Waals surface area contributed by atoms with Gasteiger partial charge < -0.3 is 9.84 Å². The van der Waals surface area contributed by atoms with Gasteiger partial charge in [0.15, 0.2) is 0 Å². The second kappa shape index (κ2) is 1.25. The molecule has 0 saturated heterocycles. The van der Waals surface area contributed by atoms with Crippen LogP contribution in [0.5, 0.6) is 0 Å². The lowest BCUT2D eigenvalue weighted by Crippen LogP contribution is -2.67. The van der Waals surface area contributed by atoms with Gasteiger partial charge in [0.2, 0.25) is 0 Å². The highest BCUT2D eigenvalue weighted by atomic mass is 16.5. The van der Waals surface area contributed by atoms with Crippen molar-refractivity contribution in [1.29, 1.82) is 0 Å². The minimum absolute atomic E-state index is 0.0139. The fourth-order valence-electron chi connectivity index (χ4n) is 1.70. The van der Waals surface area contributed by atoms with Crippen molar-refractivity contribution < 1.29 is 9.84 Å². The molecule has 0 aromatic carbocycles. The van der Waals surface area contributed by atoms with Crippen LogP contribution >= 0.6 is 0 Å². The molecule has 2 unspecified atom stereocenters. The molecule has 0 aromatic heterocycles. The standard InChI is InChI=1S/C6H10O2/c1-8-6-3-2-4(6)5(3)7/h3-7H,2H2,1H3/t3-,4+,5?,6?. The lowest BCUT2D eigenvalue weighted by molar-refractivity contribution is -0.257. The van der Waals surface area contributed by atoms with E-state index >= 15 is 0 Å². The van der Waals surface area contributed by atoms with Crippen LogP contribution in [0.3, 0.4) is 0 Å². The summed E-state index contributed by atoms with van der Waals surface area (Å²) >= 11 is 0. The zero-order chi connectivity index (χ0) is 5.72. The Labute approximate surface area is 48.5 Å². The van der Waals surface area contributed by atoms with Crippen molar-refractivity contribution in [1.82, 2.24) is 0 Å². The van der Waals surface area contributed by atoms with Crippen LogP contribution in [0.15, 0.2) is 0 Å². The Bertz CT molecular complexity index is 99.1. The van der Waals surface area contributed by atoms with E-state index in [-0.39, 0.29) is 6.10 Å². The number of methoxy groups -OCH3 is 1. The van der Waals surface area contributed by atoms with Gasteiger partial charge in [0, 0.05) is 18.9 Å². The second-order valence-electron chi connectivity index (χ2n) is 2.75. The van der Waals surface area contributed by atoms with E-state index in [0.717, 1.165) is 0 Å². The first kappa shape index (κ1) is 4.77. The fraction of sp³-hybridized carbons (Fsp3) is 1.00. The van der Waals surface area contributed by atoms with Crippen molar-refractivity contribution in [2.45, 2.75) is 18.6 Å². The molecule has 0 aromatic rings. The number of hydrogen-bond donors (Lipinski definition) is 1. The maximum Gasteiger partial charge on any atom is 0.0677 e. The third-order valence-electron chi connectivity index (χ3n) is 2.54. The maximum absolute atomic E-state index is 8.99. The highest BCUT2D eigenvalue weighted by molar-refractivity contribution is 5.10. The zero-order valence-corrected chi connectivity index (χ0v) is 4.87. The Kier molecular flexibility index (Phi) is 0.746. The highest BCUT2D eigenvalue weighted by Crippen LogP contribution is 2.54. The Morgan fingerprint density at radius 3 is 2.25 bits per heavy atom. The minimum atomic E-state index is -0.0139. The molecule has 2 bridgehead atoms. The van der Waals surface area contributed by atoms with Crippen molar-refractivity contribution in [3.63, 3.8) is 0 Å². The highest BCUT2D eigenvalue weighted by Gasteiger charge is 2.61.